The highest BCUT2D eigenvalue weighted by molar-refractivity contribution is 6.30. The first-order chi connectivity index (χ1) is 7.15. The number of ether oxygens (including phenoxy) is 1. The van der Waals surface area contributed by atoms with Crippen LogP contribution >= 0.6 is 11.6 Å². The lowest BCUT2D eigenvalue weighted by Crippen LogP contribution is -2.22. The van der Waals surface area contributed by atoms with Crippen molar-refractivity contribution in [2.24, 2.45) is 0 Å². The largest absolute Gasteiger partial charge is 0.383 e. The molecule has 1 aromatic rings. The summed E-state index contributed by atoms with van der Waals surface area (Å²) in [6.07, 6.45) is 0. The summed E-state index contributed by atoms with van der Waals surface area (Å²) in [4.78, 5) is 0. The second-order valence-electron chi connectivity index (χ2n) is 3.34. The molecule has 1 N–H and O–H groups in total. The van der Waals surface area contributed by atoms with Crippen molar-refractivity contribution in [3.05, 3.63) is 34.6 Å². The van der Waals surface area contributed by atoms with E-state index in [4.69, 9.17) is 16.3 Å². The van der Waals surface area contributed by atoms with E-state index in [2.05, 4.69) is 5.32 Å². The van der Waals surface area contributed by atoms with Crippen molar-refractivity contribution in [1.29, 1.82) is 0 Å². The minimum Gasteiger partial charge on any atom is -0.383 e. The number of rotatable bonds is 5. The Morgan fingerprint density at radius 3 is 2.87 bits per heavy atom. The molecule has 0 bridgehead atoms. The summed E-state index contributed by atoms with van der Waals surface area (Å²) in [6, 6.07) is 4.89. The van der Waals surface area contributed by atoms with E-state index in [1.807, 2.05) is 6.92 Å². The average Bonchev–Trinajstić information content (AvgIpc) is 2.22. The van der Waals surface area contributed by atoms with E-state index in [9.17, 15) is 4.39 Å². The molecule has 1 rings (SSSR count). The molecule has 1 aromatic carbocycles. The molecule has 0 spiro atoms. The molecule has 0 saturated carbocycles. The van der Waals surface area contributed by atoms with Gasteiger partial charge in [-0.3, -0.25) is 0 Å². The fourth-order valence-electron chi connectivity index (χ4n) is 1.28. The molecule has 0 aliphatic rings. The lowest BCUT2D eigenvalue weighted by molar-refractivity contribution is 0.196. The van der Waals surface area contributed by atoms with Crippen molar-refractivity contribution in [2.45, 2.75) is 13.0 Å². The molecule has 84 valence electrons. The van der Waals surface area contributed by atoms with E-state index in [0.717, 1.165) is 12.1 Å². The molecule has 0 radical (unpaired) electrons. The van der Waals surface area contributed by atoms with Crippen LogP contribution in [0, 0.1) is 5.82 Å². The maximum Gasteiger partial charge on any atom is 0.141 e. The minimum absolute atomic E-state index is 0.137. The number of halogens is 2. The van der Waals surface area contributed by atoms with Crippen LogP contribution < -0.4 is 5.32 Å². The zero-order valence-electron chi connectivity index (χ0n) is 8.89. The summed E-state index contributed by atoms with van der Waals surface area (Å²) in [5.41, 5.74) is 0.970. The number of hydrogen-bond acceptors (Lipinski definition) is 2. The highest BCUT2D eigenvalue weighted by Gasteiger charge is 2.07. The summed E-state index contributed by atoms with van der Waals surface area (Å²) in [5, 5.41) is 3.40. The minimum atomic E-state index is -0.385. The van der Waals surface area contributed by atoms with Gasteiger partial charge in [-0.1, -0.05) is 17.7 Å². The lowest BCUT2D eigenvalue weighted by Gasteiger charge is -2.14. The van der Waals surface area contributed by atoms with Crippen LogP contribution in [0.3, 0.4) is 0 Å². The van der Waals surface area contributed by atoms with Crippen LogP contribution in [0.15, 0.2) is 18.2 Å². The van der Waals surface area contributed by atoms with E-state index < -0.39 is 0 Å². The molecule has 0 saturated heterocycles. The fourth-order valence-corrected chi connectivity index (χ4v) is 1.47. The predicted molar refractivity (Wildman–Crippen MR) is 59.7 cm³/mol. The van der Waals surface area contributed by atoms with Gasteiger partial charge in [-0.15, -0.1) is 0 Å². The van der Waals surface area contributed by atoms with Gasteiger partial charge in [-0.2, -0.15) is 0 Å². The van der Waals surface area contributed by atoms with Gasteiger partial charge >= 0.3 is 0 Å². The van der Waals surface area contributed by atoms with Gasteiger partial charge in [0.25, 0.3) is 0 Å². The summed E-state index contributed by atoms with van der Waals surface area (Å²) < 4.78 is 17.8. The third-order valence-corrected chi connectivity index (χ3v) is 2.49. The number of hydrogen-bond donors (Lipinski definition) is 1. The third kappa shape index (κ3) is 3.78. The molecule has 0 amide bonds. The first kappa shape index (κ1) is 12.4. The van der Waals surface area contributed by atoms with Crippen molar-refractivity contribution in [3.63, 3.8) is 0 Å². The SMILES string of the molecule is COCCN[C@@H](C)c1ccc(F)c(Cl)c1. The molecule has 0 aliphatic carbocycles. The molecule has 0 heterocycles. The normalized spacial score (nSPS) is 12.8. The Bertz CT molecular complexity index is 319. The molecule has 4 heteroatoms. The maximum absolute atomic E-state index is 12.9. The third-order valence-electron chi connectivity index (χ3n) is 2.20. The van der Waals surface area contributed by atoms with E-state index in [0.29, 0.717) is 6.61 Å². The van der Waals surface area contributed by atoms with Gasteiger partial charge in [-0.05, 0) is 24.6 Å². The van der Waals surface area contributed by atoms with Gasteiger partial charge in [0.1, 0.15) is 5.82 Å². The van der Waals surface area contributed by atoms with Crippen LogP contribution in [-0.4, -0.2) is 20.3 Å². The van der Waals surface area contributed by atoms with Crippen molar-refractivity contribution in [2.75, 3.05) is 20.3 Å². The summed E-state index contributed by atoms with van der Waals surface area (Å²) in [7, 11) is 1.65. The smallest absolute Gasteiger partial charge is 0.141 e. The second-order valence-corrected chi connectivity index (χ2v) is 3.75. The summed E-state index contributed by atoms with van der Waals surface area (Å²) in [6.45, 7) is 3.41. The fraction of sp³-hybridized carbons (Fsp3) is 0.455. The Kier molecular flexibility index (Phi) is 5.02. The Balaban J connectivity index is 2.57. The number of benzene rings is 1. The highest BCUT2D eigenvalue weighted by Crippen LogP contribution is 2.20. The van der Waals surface area contributed by atoms with Crippen molar-refractivity contribution < 1.29 is 9.13 Å². The topological polar surface area (TPSA) is 21.3 Å². The van der Waals surface area contributed by atoms with Crippen LogP contribution in [0.4, 0.5) is 4.39 Å². The molecular formula is C11H15ClFNO. The molecule has 0 aliphatic heterocycles. The Morgan fingerprint density at radius 2 is 2.27 bits per heavy atom. The molecule has 15 heavy (non-hydrogen) atoms. The molecular weight excluding hydrogens is 217 g/mol. The Labute approximate surface area is 94.4 Å². The molecule has 0 fully saturated rings. The second kappa shape index (κ2) is 6.05. The molecule has 2 nitrogen and oxygen atoms in total. The molecule has 1 atom stereocenters. The zero-order chi connectivity index (χ0) is 11.3. The van der Waals surface area contributed by atoms with E-state index >= 15 is 0 Å². The Hall–Kier alpha value is -0.640. The molecule has 0 unspecified atom stereocenters. The van der Waals surface area contributed by atoms with Gasteiger partial charge in [0.15, 0.2) is 0 Å². The van der Waals surface area contributed by atoms with Crippen molar-refractivity contribution in [3.8, 4) is 0 Å². The number of methoxy groups -OCH3 is 1. The monoisotopic (exact) mass is 231 g/mol. The van der Waals surface area contributed by atoms with E-state index in [-0.39, 0.29) is 16.9 Å². The first-order valence-electron chi connectivity index (χ1n) is 4.82. The van der Waals surface area contributed by atoms with Gasteiger partial charge in [0, 0.05) is 19.7 Å². The Morgan fingerprint density at radius 1 is 1.53 bits per heavy atom. The average molecular weight is 232 g/mol. The van der Waals surface area contributed by atoms with Crippen LogP contribution in [0.25, 0.3) is 0 Å². The molecule has 0 aromatic heterocycles. The highest BCUT2D eigenvalue weighted by atomic mass is 35.5. The summed E-state index contributed by atoms with van der Waals surface area (Å²) in [5.74, 6) is -0.385. The van der Waals surface area contributed by atoms with Crippen molar-refractivity contribution in [1.82, 2.24) is 5.32 Å². The zero-order valence-corrected chi connectivity index (χ0v) is 9.64. The van der Waals surface area contributed by atoms with Gasteiger partial charge < -0.3 is 10.1 Å². The van der Waals surface area contributed by atoms with Crippen LogP contribution in [0.5, 0.6) is 0 Å². The van der Waals surface area contributed by atoms with Crippen LogP contribution in [0.2, 0.25) is 5.02 Å². The van der Waals surface area contributed by atoms with Gasteiger partial charge in [-0.25, -0.2) is 4.39 Å². The lowest BCUT2D eigenvalue weighted by atomic mass is 10.1. The number of nitrogens with one attached hydrogen (secondary N) is 1. The van der Waals surface area contributed by atoms with Crippen LogP contribution in [-0.2, 0) is 4.74 Å². The summed E-state index contributed by atoms with van der Waals surface area (Å²) >= 11 is 5.69. The maximum atomic E-state index is 12.9. The first-order valence-corrected chi connectivity index (χ1v) is 5.20. The van der Waals surface area contributed by atoms with Crippen molar-refractivity contribution >= 4 is 11.6 Å². The van der Waals surface area contributed by atoms with E-state index in [1.165, 1.54) is 6.07 Å². The van der Waals surface area contributed by atoms with Gasteiger partial charge in [0.2, 0.25) is 0 Å². The van der Waals surface area contributed by atoms with Crippen LogP contribution in [0.1, 0.15) is 18.5 Å². The quantitative estimate of drug-likeness (QED) is 0.787. The predicted octanol–water partition coefficient (Wildman–Crippen LogP) is 2.78. The van der Waals surface area contributed by atoms with E-state index in [1.54, 1.807) is 19.2 Å². The van der Waals surface area contributed by atoms with Gasteiger partial charge in [0.05, 0.1) is 11.6 Å². The standard InChI is InChI=1S/C11H15ClFNO/c1-8(14-5-6-15-2)9-3-4-11(13)10(12)7-9/h3-4,7-8,14H,5-6H2,1-2H3/t8-/m0/s1.